The maximum absolute atomic E-state index is 11.0. The van der Waals surface area contributed by atoms with E-state index in [1.165, 1.54) is 4.68 Å². The summed E-state index contributed by atoms with van der Waals surface area (Å²) < 4.78 is 1.54. The van der Waals surface area contributed by atoms with Crippen molar-refractivity contribution in [2.75, 3.05) is 23.4 Å². The molecule has 1 N–H and O–H groups in total. The predicted molar refractivity (Wildman–Crippen MR) is 75.3 cm³/mol. The molecule has 18 heavy (non-hydrogen) atoms. The highest BCUT2D eigenvalue weighted by Crippen LogP contribution is 2.28. The molecule has 0 aliphatic heterocycles. The van der Waals surface area contributed by atoms with Gasteiger partial charge in [-0.3, -0.25) is 10.1 Å². The van der Waals surface area contributed by atoms with Gasteiger partial charge in [-0.2, -0.15) is 16.9 Å². The Bertz CT molecular complexity index is 431. The van der Waals surface area contributed by atoms with E-state index in [4.69, 9.17) is 0 Å². The van der Waals surface area contributed by atoms with Crippen LogP contribution in [-0.2, 0) is 13.5 Å². The molecule has 1 aromatic rings. The summed E-state index contributed by atoms with van der Waals surface area (Å²) in [6, 6.07) is 0. The van der Waals surface area contributed by atoms with Crippen molar-refractivity contribution in [1.82, 2.24) is 9.78 Å². The lowest BCUT2D eigenvalue weighted by atomic mass is 10.3. The molecule has 1 aromatic heterocycles. The molecule has 0 radical (unpaired) electrons. The van der Waals surface area contributed by atoms with Gasteiger partial charge in [0.15, 0.2) is 0 Å². The van der Waals surface area contributed by atoms with E-state index in [-0.39, 0.29) is 10.6 Å². The number of aryl methyl sites for hydroxylation is 2. The van der Waals surface area contributed by atoms with Gasteiger partial charge in [-0.1, -0.05) is 13.0 Å². The number of thioether (sulfide) groups is 1. The number of hydrogen-bond donors (Lipinski definition) is 1. The fourth-order valence-corrected chi connectivity index (χ4v) is 2.18. The van der Waals surface area contributed by atoms with Gasteiger partial charge in [-0.05, 0) is 6.42 Å². The molecule has 0 bridgehead atoms. The molecule has 100 valence electrons. The van der Waals surface area contributed by atoms with E-state index < -0.39 is 0 Å². The lowest BCUT2D eigenvalue weighted by Gasteiger charge is -2.05. The Labute approximate surface area is 111 Å². The molecule has 0 aromatic carbocycles. The van der Waals surface area contributed by atoms with Crippen LogP contribution in [0.2, 0.25) is 0 Å². The van der Waals surface area contributed by atoms with Crippen molar-refractivity contribution in [3.63, 3.8) is 0 Å². The molecule has 0 spiro atoms. The van der Waals surface area contributed by atoms with Crippen LogP contribution in [-0.4, -0.2) is 32.8 Å². The van der Waals surface area contributed by atoms with Gasteiger partial charge in [0, 0.05) is 25.1 Å². The van der Waals surface area contributed by atoms with E-state index in [1.807, 2.05) is 13.0 Å². The molecule has 0 unspecified atom stereocenters. The number of nitro groups is 1. The lowest BCUT2D eigenvalue weighted by molar-refractivity contribution is -0.384. The second-order valence-corrected chi connectivity index (χ2v) is 4.82. The third-order valence-corrected chi connectivity index (χ3v) is 3.35. The zero-order chi connectivity index (χ0) is 13.5. The Morgan fingerprint density at radius 2 is 2.39 bits per heavy atom. The molecule has 1 rings (SSSR count). The molecule has 0 amide bonds. The molecule has 6 nitrogen and oxygen atoms in total. The first-order chi connectivity index (χ1) is 8.61. The van der Waals surface area contributed by atoms with Gasteiger partial charge < -0.3 is 5.32 Å². The quantitative estimate of drug-likeness (QED) is 0.339. The minimum atomic E-state index is -0.370. The van der Waals surface area contributed by atoms with Gasteiger partial charge in [-0.25, -0.2) is 4.68 Å². The first kappa shape index (κ1) is 14.6. The van der Waals surface area contributed by atoms with Gasteiger partial charge in [0.2, 0.25) is 5.82 Å². The third kappa shape index (κ3) is 3.49. The van der Waals surface area contributed by atoms with Crippen molar-refractivity contribution in [2.24, 2.45) is 7.05 Å². The summed E-state index contributed by atoms with van der Waals surface area (Å²) in [4.78, 5) is 10.7. The topological polar surface area (TPSA) is 73.0 Å². The minimum Gasteiger partial charge on any atom is -0.364 e. The second kappa shape index (κ2) is 7.05. The summed E-state index contributed by atoms with van der Waals surface area (Å²) in [6.07, 6.45) is 2.39. The van der Waals surface area contributed by atoms with E-state index in [2.05, 4.69) is 17.0 Å². The molecule has 7 heteroatoms. The van der Waals surface area contributed by atoms with Crippen LogP contribution in [0, 0.1) is 10.1 Å². The van der Waals surface area contributed by atoms with Crippen molar-refractivity contribution in [3.8, 4) is 0 Å². The first-order valence-electron chi connectivity index (χ1n) is 5.74. The molecule has 0 atom stereocenters. The van der Waals surface area contributed by atoms with Gasteiger partial charge in [0.25, 0.3) is 0 Å². The van der Waals surface area contributed by atoms with Crippen molar-refractivity contribution >= 4 is 23.3 Å². The van der Waals surface area contributed by atoms with E-state index >= 15 is 0 Å². The Kier molecular flexibility index (Phi) is 5.70. The molecule has 0 aliphatic carbocycles. The van der Waals surface area contributed by atoms with Crippen LogP contribution >= 0.6 is 11.8 Å². The van der Waals surface area contributed by atoms with Gasteiger partial charge >= 0.3 is 5.69 Å². The zero-order valence-electron chi connectivity index (χ0n) is 10.7. The molecule has 0 fully saturated rings. The summed E-state index contributed by atoms with van der Waals surface area (Å²) in [6.45, 7) is 6.17. The number of hydrogen-bond acceptors (Lipinski definition) is 5. The number of rotatable bonds is 8. The standard InChI is InChI=1S/C11H18N4O2S/c1-4-7-18-8-6-12-11-10(15(16)17)9(5-2)13-14(11)3/h4,12H,1,5-8H2,2-3H3. The van der Waals surface area contributed by atoms with E-state index in [0.717, 1.165) is 11.5 Å². The third-order valence-electron chi connectivity index (χ3n) is 2.38. The van der Waals surface area contributed by atoms with Crippen molar-refractivity contribution < 1.29 is 4.92 Å². The summed E-state index contributed by atoms with van der Waals surface area (Å²) in [7, 11) is 1.71. The smallest absolute Gasteiger partial charge is 0.333 e. The van der Waals surface area contributed by atoms with Crippen LogP contribution < -0.4 is 5.32 Å². The van der Waals surface area contributed by atoms with Crippen molar-refractivity contribution in [2.45, 2.75) is 13.3 Å². The molecule has 0 saturated heterocycles. The highest BCUT2D eigenvalue weighted by molar-refractivity contribution is 7.99. The summed E-state index contributed by atoms with van der Waals surface area (Å²) in [5.74, 6) is 2.24. The highest BCUT2D eigenvalue weighted by atomic mass is 32.2. The predicted octanol–water partition coefficient (Wildman–Crippen LogP) is 2.22. The summed E-state index contributed by atoms with van der Waals surface area (Å²) in [5.41, 5.74) is 0.609. The van der Waals surface area contributed by atoms with Crippen LogP contribution in [0.5, 0.6) is 0 Å². The van der Waals surface area contributed by atoms with E-state index in [0.29, 0.717) is 24.5 Å². The molecule has 0 aliphatic rings. The Hall–Kier alpha value is -1.50. The summed E-state index contributed by atoms with van der Waals surface area (Å²) >= 11 is 1.73. The van der Waals surface area contributed by atoms with Crippen LogP contribution in [0.4, 0.5) is 11.5 Å². The maximum Gasteiger partial charge on any atom is 0.333 e. The number of nitrogens with one attached hydrogen (secondary N) is 1. The molecule has 1 heterocycles. The first-order valence-corrected chi connectivity index (χ1v) is 6.90. The second-order valence-electron chi connectivity index (χ2n) is 3.67. The minimum absolute atomic E-state index is 0.0914. The van der Waals surface area contributed by atoms with Crippen molar-refractivity contribution in [3.05, 3.63) is 28.5 Å². The average Bonchev–Trinajstić information content (AvgIpc) is 2.66. The van der Waals surface area contributed by atoms with Gasteiger partial charge in [-0.15, -0.1) is 6.58 Å². The van der Waals surface area contributed by atoms with Crippen LogP contribution in [0.1, 0.15) is 12.6 Å². The highest BCUT2D eigenvalue weighted by Gasteiger charge is 2.24. The summed E-state index contributed by atoms with van der Waals surface area (Å²) in [5, 5.41) is 18.3. The van der Waals surface area contributed by atoms with Crippen LogP contribution in [0.3, 0.4) is 0 Å². The van der Waals surface area contributed by atoms with Crippen LogP contribution in [0.15, 0.2) is 12.7 Å². The number of aromatic nitrogens is 2. The largest absolute Gasteiger partial charge is 0.364 e. The van der Waals surface area contributed by atoms with Crippen molar-refractivity contribution in [1.29, 1.82) is 0 Å². The maximum atomic E-state index is 11.0. The van der Waals surface area contributed by atoms with Gasteiger partial charge in [0.05, 0.1) is 4.92 Å². The number of nitrogens with zero attached hydrogens (tertiary/aromatic N) is 3. The normalized spacial score (nSPS) is 10.3. The molecule has 0 saturated carbocycles. The average molecular weight is 270 g/mol. The SMILES string of the molecule is C=CCSCCNc1c([N+](=O)[O-])c(CC)nn1C. The Morgan fingerprint density at radius 3 is 2.94 bits per heavy atom. The van der Waals surface area contributed by atoms with E-state index in [9.17, 15) is 10.1 Å². The molecular formula is C11H18N4O2S. The Balaban J connectivity index is 2.72. The lowest BCUT2D eigenvalue weighted by Crippen LogP contribution is -2.09. The Morgan fingerprint density at radius 1 is 1.67 bits per heavy atom. The fourth-order valence-electron chi connectivity index (χ4n) is 1.60. The number of anilines is 1. The molecular weight excluding hydrogens is 252 g/mol. The van der Waals surface area contributed by atoms with Crippen LogP contribution in [0.25, 0.3) is 0 Å². The zero-order valence-corrected chi connectivity index (χ0v) is 11.5. The monoisotopic (exact) mass is 270 g/mol. The van der Waals surface area contributed by atoms with Gasteiger partial charge in [0.1, 0.15) is 5.69 Å². The fraction of sp³-hybridized carbons (Fsp3) is 0.545. The van der Waals surface area contributed by atoms with E-state index in [1.54, 1.807) is 18.8 Å².